The molecule has 2 N–H and O–H groups in total. The minimum absolute atomic E-state index is 0.0194. The molecule has 0 unspecified atom stereocenters. The van der Waals surface area contributed by atoms with Crippen LogP contribution in [0.2, 0.25) is 0 Å². The van der Waals surface area contributed by atoms with Crippen molar-refractivity contribution in [2.75, 3.05) is 27.7 Å². The van der Waals surface area contributed by atoms with Gasteiger partial charge in [0.05, 0.1) is 0 Å². The maximum absolute atomic E-state index is 11.6. The van der Waals surface area contributed by atoms with Crippen molar-refractivity contribution in [1.29, 1.82) is 0 Å². The zero-order chi connectivity index (χ0) is 15.5. The van der Waals surface area contributed by atoms with Crippen molar-refractivity contribution in [2.45, 2.75) is 19.8 Å². The molecule has 0 aromatic rings. The van der Waals surface area contributed by atoms with Gasteiger partial charge in [0.2, 0.25) is 5.91 Å². The Morgan fingerprint density at radius 3 is 2.40 bits per heavy atom. The number of nitrogens with one attached hydrogen (secondary N) is 2. The van der Waals surface area contributed by atoms with E-state index in [1.165, 1.54) is 6.08 Å². The fraction of sp³-hybridized carbons (Fsp3) is 0.467. The van der Waals surface area contributed by atoms with E-state index >= 15 is 0 Å². The van der Waals surface area contributed by atoms with Crippen LogP contribution in [0.1, 0.15) is 19.8 Å². The van der Waals surface area contributed by atoms with Crippen LogP contribution < -0.4 is 10.6 Å². The molecule has 0 spiro atoms. The van der Waals surface area contributed by atoms with Gasteiger partial charge in [0.25, 0.3) is 5.91 Å². The maximum atomic E-state index is 11.6. The Labute approximate surface area is 121 Å². The Morgan fingerprint density at radius 2 is 1.90 bits per heavy atom. The first-order valence-corrected chi connectivity index (χ1v) is 6.58. The summed E-state index contributed by atoms with van der Waals surface area (Å²) < 4.78 is 0. The summed E-state index contributed by atoms with van der Waals surface area (Å²) in [5.41, 5.74) is 1.15. The van der Waals surface area contributed by atoms with Gasteiger partial charge in [-0.25, -0.2) is 0 Å². The van der Waals surface area contributed by atoms with Gasteiger partial charge in [-0.05, 0) is 46.1 Å². The molecule has 0 aliphatic heterocycles. The SMILES string of the molecule is C=C/C(=C\C=C(/C)NC(=O)CCCN(C)C)C(=O)NC. The van der Waals surface area contributed by atoms with Gasteiger partial charge in [0, 0.05) is 24.7 Å². The fourth-order valence-corrected chi connectivity index (χ4v) is 1.48. The number of likely N-dealkylation sites (N-methyl/N-ethyl adjacent to an activating group) is 1. The Kier molecular flexibility index (Phi) is 9.04. The molecule has 0 aromatic heterocycles. The first kappa shape index (κ1) is 18.1. The number of carbonyl (C=O) groups excluding carboxylic acids is 2. The number of nitrogens with zero attached hydrogens (tertiary/aromatic N) is 1. The van der Waals surface area contributed by atoms with Gasteiger partial charge in [0.1, 0.15) is 0 Å². The fourth-order valence-electron chi connectivity index (χ4n) is 1.48. The summed E-state index contributed by atoms with van der Waals surface area (Å²) in [6, 6.07) is 0. The molecule has 20 heavy (non-hydrogen) atoms. The van der Waals surface area contributed by atoms with Gasteiger partial charge in [0.15, 0.2) is 0 Å². The Morgan fingerprint density at radius 1 is 1.25 bits per heavy atom. The van der Waals surface area contributed by atoms with E-state index in [-0.39, 0.29) is 11.8 Å². The minimum Gasteiger partial charge on any atom is -0.355 e. The monoisotopic (exact) mass is 279 g/mol. The van der Waals surface area contributed by atoms with Crippen LogP contribution in [-0.4, -0.2) is 44.4 Å². The van der Waals surface area contributed by atoms with Crippen LogP contribution in [0.3, 0.4) is 0 Å². The summed E-state index contributed by atoms with van der Waals surface area (Å²) in [4.78, 5) is 25.1. The second-order valence-electron chi connectivity index (χ2n) is 4.71. The van der Waals surface area contributed by atoms with Gasteiger partial charge < -0.3 is 15.5 Å². The molecule has 0 rings (SSSR count). The van der Waals surface area contributed by atoms with E-state index in [2.05, 4.69) is 17.2 Å². The molecule has 0 aromatic carbocycles. The van der Waals surface area contributed by atoms with E-state index in [1.54, 1.807) is 26.1 Å². The van der Waals surface area contributed by atoms with E-state index in [0.29, 0.717) is 17.7 Å². The molecule has 0 fully saturated rings. The zero-order valence-corrected chi connectivity index (χ0v) is 12.8. The number of hydrogen-bond acceptors (Lipinski definition) is 3. The van der Waals surface area contributed by atoms with Crippen molar-refractivity contribution in [3.63, 3.8) is 0 Å². The second kappa shape index (κ2) is 9.97. The largest absolute Gasteiger partial charge is 0.355 e. The van der Waals surface area contributed by atoms with E-state index < -0.39 is 0 Å². The molecule has 112 valence electrons. The van der Waals surface area contributed by atoms with Gasteiger partial charge >= 0.3 is 0 Å². The molecule has 0 radical (unpaired) electrons. The molecule has 0 saturated heterocycles. The number of rotatable bonds is 8. The maximum Gasteiger partial charge on any atom is 0.250 e. The van der Waals surface area contributed by atoms with Crippen LogP contribution >= 0.6 is 0 Å². The van der Waals surface area contributed by atoms with E-state index in [0.717, 1.165) is 13.0 Å². The highest BCUT2D eigenvalue weighted by molar-refractivity contribution is 5.96. The predicted octanol–water partition coefficient (Wildman–Crippen LogP) is 1.21. The lowest BCUT2D eigenvalue weighted by Crippen LogP contribution is -2.23. The topological polar surface area (TPSA) is 61.4 Å². The molecule has 0 atom stereocenters. The Hall–Kier alpha value is -1.88. The average molecular weight is 279 g/mol. The lowest BCUT2D eigenvalue weighted by atomic mass is 10.2. The first-order chi connectivity index (χ1) is 9.40. The third kappa shape index (κ3) is 8.26. The molecule has 2 amide bonds. The average Bonchev–Trinajstić information content (AvgIpc) is 2.38. The zero-order valence-electron chi connectivity index (χ0n) is 12.8. The summed E-state index contributed by atoms with van der Waals surface area (Å²) in [7, 11) is 5.51. The van der Waals surface area contributed by atoms with Gasteiger partial charge in [-0.15, -0.1) is 0 Å². The third-order valence-electron chi connectivity index (χ3n) is 2.57. The predicted molar refractivity (Wildman–Crippen MR) is 82.0 cm³/mol. The molecular weight excluding hydrogens is 254 g/mol. The van der Waals surface area contributed by atoms with Crippen LogP contribution in [0.25, 0.3) is 0 Å². The minimum atomic E-state index is -0.207. The standard InChI is InChI=1S/C15H25N3O2/c1-6-13(15(20)16-3)10-9-12(2)17-14(19)8-7-11-18(4)5/h6,9-10H,1,7-8,11H2,2-5H3,(H,16,20)(H,17,19)/b12-9+,13-10+. The summed E-state index contributed by atoms with van der Waals surface area (Å²) in [5, 5.41) is 5.30. The molecule has 0 heterocycles. The number of amides is 2. The van der Waals surface area contributed by atoms with Crippen molar-refractivity contribution < 1.29 is 9.59 Å². The van der Waals surface area contributed by atoms with Crippen molar-refractivity contribution in [2.24, 2.45) is 0 Å². The normalized spacial score (nSPS) is 12.2. The molecule has 5 nitrogen and oxygen atoms in total. The molecule has 0 bridgehead atoms. The smallest absolute Gasteiger partial charge is 0.250 e. The van der Waals surface area contributed by atoms with Crippen LogP contribution in [0.15, 0.2) is 36.1 Å². The molecule has 5 heteroatoms. The molecule has 0 aliphatic carbocycles. The number of hydrogen-bond donors (Lipinski definition) is 2. The highest BCUT2D eigenvalue weighted by atomic mass is 16.2. The van der Waals surface area contributed by atoms with Crippen LogP contribution in [0.5, 0.6) is 0 Å². The molecule has 0 aliphatic rings. The van der Waals surface area contributed by atoms with E-state index in [9.17, 15) is 9.59 Å². The number of allylic oxidation sites excluding steroid dienone is 3. The van der Waals surface area contributed by atoms with E-state index in [4.69, 9.17) is 0 Å². The quantitative estimate of drug-likeness (QED) is 0.518. The van der Waals surface area contributed by atoms with Crippen molar-refractivity contribution in [3.8, 4) is 0 Å². The van der Waals surface area contributed by atoms with Crippen molar-refractivity contribution >= 4 is 11.8 Å². The Balaban J connectivity index is 4.37. The summed E-state index contributed by atoms with van der Waals surface area (Å²) >= 11 is 0. The lowest BCUT2D eigenvalue weighted by molar-refractivity contribution is -0.120. The first-order valence-electron chi connectivity index (χ1n) is 6.58. The summed E-state index contributed by atoms with van der Waals surface area (Å²) in [6.45, 7) is 6.24. The summed E-state index contributed by atoms with van der Waals surface area (Å²) in [6.07, 6.45) is 6.09. The highest BCUT2D eigenvalue weighted by Crippen LogP contribution is 1.99. The Bertz CT molecular complexity index is 409. The lowest BCUT2D eigenvalue weighted by Gasteiger charge is -2.09. The molecule has 0 saturated carbocycles. The van der Waals surface area contributed by atoms with Crippen LogP contribution in [-0.2, 0) is 9.59 Å². The van der Waals surface area contributed by atoms with Crippen molar-refractivity contribution in [3.05, 3.63) is 36.1 Å². The summed E-state index contributed by atoms with van der Waals surface area (Å²) in [5.74, 6) is -0.226. The van der Waals surface area contributed by atoms with Gasteiger partial charge in [-0.3, -0.25) is 9.59 Å². The highest BCUT2D eigenvalue weighted by Gasteiger charge is 2.03. The number of carbonyl (C=O) groups is 2. The second-order valence-corrected chi connectivity index (χ2v) is 4.71. The third-order valence-corrected chi connectivity index (χ3v) is 2.57. The van der Waals surface area contributed by atoms with Crippen LogP contribution in [0.4, 0.5) is 0 Å². The van der Waals surface area contributed by atoms with E-state index in [1.807, 2.05) is 19.0 Å². The van der Waals surface area contributed by atoms with Crippen molar-refractivity contribution in [1.82, 2.24) is 15.5 Å². The van der Waals surface area contributed by atoms with Gasteiger partial charge in [-0.2, -0.15) is 0 Å². The molecular formula is C15H25N3O2. The van der Waals surface area contributed by atoms with Gasteiger partial charge in [-0.1, -0.05) is 12.7 Å². The van der Waals surface area contributed by atoms with Crippen LogP contribution in [0, 0.1) is 0 Å².